The van der Waals surface area contributed by atoms with Gasteiger partial charge in [-0.1, -0.05) is 23.4 Å². The molecule has 1 aromatic heterocycles. The Morgan fingerprint density at radius 1 is 1.48 bits per heavy atom. The van der Waals surface area contributed by atoms with Gasteiger partial charge in [0.1, 0.15) is 16.6 Å². The van der Waals surface area contributed by atoms with Crippen LogP contribution in [-0.2, 0) is 0 Å². The molecule has 0 bridgehead atoms. The van der Waals surface area contributed by atoms with Gasteiger partial charge in [0, 0.05) is 6.20 Å². The summed E-state index contributed by atoms with van der Waals surface area (Å²) in [4.78, 5) is 30.6. The van der Waals surface area contributed by atoms with E-state index in [1.807, 2.05) is 0 Å². The van der Waals surface area contributed by atoms with Gasteiger partial charge in [0.2, 0.25) is 0 Å². The zero-order chi connectivity index (χ0) is 17.0. The standard InChI is InChI=1S/C13H11ClN4O4S/c1-22-7-3-4-9(10(5-7)18(20)21)16-12(19)8-6-15-13(23-2)17-11(8)14/h3-6H,1-2H3,(H,16,19). The van der Waals surface area contributed by atoms with Crippen molar-refractivity contribution in [2.45, 2.75) is 5.16 Å². The van der Waals surface area contributed by atoms with E-state index < -0.39 is 10.8 Å². The zero-order valence-electron chi connectivity index (χ0n) is 12.1. The molecule has 10 heteroatoms. The average Bonchev–Trinajstić information content (AvgIpc) is 2.54. The van der Waals surface area contributed by atoms with Crippen molar-refractivity contribution < 1.29 is 14.5 Å². The smallest absolute Gasteiger partial charge is 0.296 e. The van der Waals surface area contributed by atoms with Gasteiger partial charge in [0.15, 0.2) is 5.16 Å². The summed E-state index contributed by atoms with van der Waals surface area (Å²) in [5, 5.41) is 13.9. The van der Waals surface area contributed by atoms with Crippen LogP contribution in [0.5, 0.6) is 5.75 Å². The van der Waals surface area contributed by atoms with Crippen LogP contribution in [0.15, 0.2) is 29.6 Å². The van der Waals surface area contributed by atoms with Crippen LogP contribution in [-0.4, -0.2) is 34.2 Å². The lowest BCUT2D eigenvalue weighted by molar-refractivity contribution is -0.384. The van der Waals surface area contributed by atoms with E-state index in [0.29, 0.717) is 10.9 Å². The van der Waals surface area contributed by atoms with Crippen LogP contribution in [0.1, 0.15) is 10.4 Å². The molecule has 0 unspecified atom stereocenters. The van der Waals surface area contributed by atoms with Crippen LogP contribution in [0.25, 0.3) is 0 Å². The highest BCUT2D eigenvalue weighted by molar-refractivity contribution is 7.98. The third-order valence-electron chi connectivity index (χ3n) is 2.80. The average molecular weight is 355 g/mol. The quantitative estimate of drug-likeness (QED) is 0.289. The molecule has 1 amide bonds. The summed E-state index contributed by atoms with van der Waals surface area (Å²) in [5.74, 6) is -0.337. The molecule has 23 heavy (non-hydrogen) atoms. The zero-order valence-corrected chi connectivity index (χ0v) is 13.6. The maximum absolute atomic E-state index is 12.2. The van der Waals surface area contributed by atoms with E-state index >= 15 is 0 Å². The lowest BCUT2D eigenvalue weighted by Crippen LogP contribution is -2.15. The second kappa shape index (κ2) is 7.25. The summed E-state index contributed by atoms with van der Waals surface area (Å²) in [5.41, 5.74) is -0.254. The molecular weight excluding hydrogens is 344 g/mol. The minimum Gasteiger partial charge on any atom is -0.496 e. The molecule has 0 aliphatic rings. The highest BCUT2D eigenvalue weighted by atomic mass is 35.5. The lowest BCUT2D eigenvalue weighted by Gasteiger charge is -2.08. The Labute approximate surface area is 140 Å². The fraction of sp³-hybridized carbons (Fsp3) is 0.154. The summed E-state index contributed by atoms with van der Waals surface area (Å²) < 4.78 is 4.93. The van der Waals surface area contributed by atoms with Gasteiger partial charge in [-0.05, 0) is 18.4 Å². The van der Waals surface area contributed by atoms with E-state index in [9.17, 15) is 14.9 Å². The summed E-state index contributed by atoms with van der Waals surface area (Å²) in [6, 6.07) is 4.09. The van der Waals surface area contributed by atoms with Crippen LogP contribution in [0.4, 0.5) is 11.4 Å². The third kappa shape index (κ3) is 3.88. The van der Waals surface area contributed by atoms with Crippen molar-refractivity contribution in [1.29, 1.82) is 0 Å². The normalized spacial score (nSPS) is 10.2. The number of nitro benzene ring substituents is 1. The van der Waals surface area contributed by atoms with E-state index in [4.69, 9.17) is 16.3 Å². The number of nitrogens with one attached hydrogen (secondary N) is 1. The number of halogens is 1. The molecule has 0 aliphatic heterocycles. The van der Waals surface area contributed by atoms with Crippen molar-refractivity contribution in [2.75, 3.05) is 18.7 Å². The molecular formula is C13H11ClN4O4S. The van der Waals surface area contributed by atoms with Gasteiger partial charge in [-0.2, -0.15) is 0 Å². The Hall–Kier alpha value is -2.39. The van der Waals surface area contributed by atoms with Gasteiger partial charge >= 0.3 is 0 Å². The van der Waals surface area contributed by atoms with Gasteiger partial charge < -0.3 is 10.1 Å². The number of thioether (sulfide) groups is 1. The number of anilines is 1. The monoisotopic (exact) mass is 354 g/mol. The van der Waals surface area contributed by atoms with Crippen molar-refractivity contribution in [3.05, 3.63) is 45.2 Å². The molecule has 1 heterocycles. The van der Waals surface area contributed by atoms with Crippen LogP contribution < -0.4 is 10.1 Å². The number of carbonyl (C=O) groups is 1. The fourth-order valence-corrected chi connectivity index (χ4v) is 2.29. The van der Waals surface area contributed by atoms with Crippen LogP contribution in [0.3, 0.4) is 0 Å². The summed E-state index contributed by atoms with van der Waals surface area (Å²) >= 11 is 7.22. The topological polar surface area (TPSA) is 107 Å². The first-order valence-electron chi connectivity index (χ1n) is 6.16. The highest BCUT2D eigenvalue weighted by Gasteiger charge is 2.20. The molecule has 120 valence electrons. The number of ether oxygens (including phenoxy) is 1. The number of nitrogens with zero attached hydrogens (tertiary/aromatic N) is 3. The van der Waals surface area contributed by atoms with E-state index in [1.54, 1.807) is 6.26 Å². The summed E-state index contributed by atoms with van der Waals surface area (Å²) in [7, 11) is 1.39. The van der Waals surface area contributed by atoms with Gasteiger partial charge in [-0.3, -0.25) is 14.9 Å². The van der Waals surface area contributed by atoms with E-state index in [1.165, 1.54) is 43.3 Å². The van der Waals surface area contributed by atoms with E-state index in [0.717, 1.165) is 0 Å². The molecule has 0 atom stereocenters. The number of aromatic nitrogens is 2. The highest BCUT2D eigenvalue weighted by Crippen LogP contribution is 2.29. The molecule has 0 fully saturated rings. The van der Waals surface area contributed by atoms with Crippen molar-refractivity contribution in [2.24, 2.45) is 0 Å². The molecule has 0 saturated heterocycles. The van der Waals surface area contributed by atoms with Gasteiger partial charge in [-0.25, -0.2) is 9.97 Å². The summed E-state index contributed by atoms with van der Waals surface area (Å²) in [6.45, 7) is 0. The van der Waals surface area contributed by atoms with E-state index in [2.05, 4.69) is 15.3 Å². The van der Waals surface area contributed by atoms with E-state index in [-0.39, 0.29) is 22.1 Å². The number of carbonyl (C=O) groups excluding carboxylic acids is 1. The van der Waals surface area contributed by atoms with Crippen LogP contribution >= 0.6 is 23.4 Å². The molecule has 2 rings (SSSR count). The van der Waals surface area contributed by atoms with Crippen molar-refractivity contribution in [3.8, 4) is 5.75 Å². The van der Waals surface area contributed by atoms with Gasteiger partial charge in [0.05, 0.1) is 23.7 Å². The predicted molar refractivity (Wildman–Crippen MR) is 86.4 cm³/mol. The number of amides is 1. The number of nitro groups is 1. The van der Waals surface area contributed by atoms with Gasteiger partial charge in [-0.15, -0.1) is 0 Å². The largest absolute Gasteiger partial charge is 0.496 e. The Bertz CT molecular complexity index is 772. The third-order valence-corrected chi connectivity index (χ3v) is 3.65. The van der Waals surface area contributed by atoms with Crippen molar-refractivity contribution >= 4 is 40.6 Å². The predicted octanol–water partition coefficient (Wildman–Crippen LogP) is 3.02. The molecule has 0 aliphatic carbocycles. The molecule has 8 nitrogen and oxygen atoms in total. The summed E-state index contributed by atoms with van der Waals surface area (Å²) in [6.07, 6.45) is 3.04. The first-order chi connectivity index (χ1) is 11.0. The lowest BCUT2D eigenvalue weighted by atomic mass is 10.2. The number of methoxy groups -OCH3 is 1. The van der Waals surface area contributed by atoms with Crippen LogP contribution in [0, 0.1) is 10.1 Å². The minimum atomic E-state index is -0.643. The maximum Gasteiger partial charge on any atom is 0.296 e. The molecule has 1 aromatic carbocycles. The second-order valence-electron chi connectivity index (χ2n) is 4.16. The minimum absolute atomic E-state index is 0.0193. The first-order valence-corrected chi connectivity index (χ1v) is 7.77. The number of rotatable bonds is 5. The Morgan fingerprint density at radius 3 is 2.78 bits per heavy atom. The molecule has 1 N–H and O–H groups in total. The molecule has 0 spiro atoms. The Morgan fingerprint density at radius 2 is 2.22 bits per heavy atom. The molecule has 0 radical (unpaired) electrons. The first kappa shape index (κ1) is 17.0. The second-order valence-corrected chi connectivity index (χ2v) is 5.29. The van der Waals surface area contributed by atoms with Crippen molar-refractivity contribution in [1.82, 2.24) is 9.97 Å². The Kier molecular flexibility index (Phi) is 5.35. The fourth-order valence-electron chi connectivity index (χ4n) is 1.68. The number of hydrogen-bond donors (Lipinski definition) is 1. The SMILES string of the molecule is COc1ccc(NC(=O)c2cnc(SC)nc2Cl)c([N+](=O)[O-])c1. The van der Waals surface area contributed by atoms with Gasteiger partial charge in [0.25, 0.3) is 11.6 Å². The molecule has 0 saturated carbocycles. The Balaban J connectivity index is 2.32. The molecule has 2 aromatic rings. The van der Waals surface area contributed by atoms with Crippen molar-refractivity contribution in [3.63, 3.8) is 0 Å². The maximum atomic E-state index is 12.2. The van der Waals surface area contributed by atoms with Crippen LogP contribution in [0.2, 0.25) is 5.15 Å². The number of benzene rings is 1. The number of hydrogen-bond acceptors (Lipinski definition) is 7.